The van der Waals surface area contributed by atoms with Gasteiger partial charge in [0.2, 0.25) is 0 Å². The number of hydrogen-bond acceptors (Lipinski definition) is 6. The van der Waals surface area contributed by atoms with Gasteiger partial charge in [-0.15, -0.1) is 0 Å². The number of amides is 1. The van der Waals surface area contributed by atoms with Gasteiger partial charge in [-0.05, 0) is 12.8 Å². The number of hydrogen-bond donors (Lipinski definition) is 2. The van der Waals surface area contributed by atoms with E-state index in [0.717, 1.165) is 19.0 Å². The van der Waals surface area contributed by atoms with E-state index in [4.69, 9.17) is 4.74 Å². The summed E-state index contributed by atoms with van der Waals surface area (Å²) < 4.78 is 5.20. The highest BCUT2D eigenvalue weighted by molar-refractivity contribution is 5.99. The fourth-order valence-corrected chi connectivity index (χ4v) is 2.02. The monoisotopic (exact) mass is 294 g/mol. The minimum absolute atomic E-state index is 0.0595. The summed E-state index contributed by atoms with van der Waals surface area (Å²) in [5.74, 6) is -0.0147. The Labute approximate surface area is 122 Å². The number of carbonyl (C=O) groups is 1. The molecule has 1 unspecified atom stereocenters. The molecule has 0 bridgehead atoms. The van der Waals surface area contributed by atoms with Crippen molar-refractivity contribution in [1.82, 2.24) is 10.3 Å². The highest BCUT2D eigenvalue weighted by atomic mass is 16.6. The molecule has 1 fully saturated rings. The molecule has 2 N–H and O–H groups in total. The third-order valence-corrected chi connectivity index (χ3v) is 3.14. The molecule has 1 aromatic heterocycles. The van der Waals surface area contributed by atoms with Crippen molar-refractivity contribution in [3.8, 4) is 0 Å². The van der Waals surface area contributed by atoms with E-state index in [1.807, 2.05) is 6.92 Å². The van der Waals surface area contributed by atoms with Crippen molar-refractivity contribution in [2.24, 2.45) is 0 Å². The first-order valence-electron chi connectivity index (χ1n) is 6.88. The third kappa shape index (κ3) is 3.88. The second kappa shape index (κ2) is 6.98. The van der Waals surface area contributed by atoms with Gasteiger partial charge in [0.15, 0.2) is 0 Å². The lowest BCUT2D eigenvalue weighted by atomic mass is 10.2. The van der Waals surface area contributed by atoms with Crippen molar-refractivity contribution >= 4 is 17.4 Å². The minimum atomic E-state index is -0.563. The van der Waals surface area contributed by atoms with Gasteiger partial charge < -0.3 is 15.4 Å². The van der Waals surface area contributed by atoms with Crippen LogP contribution in [0.2, 0.25) is 0 Å². The average Bonchev–Trinajstić information content (AvgIpc) is 2.97. The Bertz CT molecular complexity index is 529. The molecule has 1 amide bonds. The van der Waals surface area contributed by atoms with Gasteiger partial charge in [0, 0.05) is 19.2 Å². The Hall–Kier alpha value is -2.22. The first kappa shape index (κ1) is 15.2. The molecule has 2 rings (SSSR count). The van der Waals surface area contributed by atoms with Crippen molar-refractivity contribution in [2.45, 2.75) is 25.8 Å². The molecule has 1 aromatic rings. The number of anilines is 1. The quantitative estimate of drug-likeness (QED) is 0.605. The molecular formula is C13H18N4O4. The van der Waals surface area contributed by atoms with Crippen molar-refractivity contribution in [2.75, 3.05) is 25.1 Å². The normalized spacial score (nSPS) is 17.5. The molecule has 1 atom stereocenters. The molecule has 8 nitrogen and oxygen atoms in total. The molecule has 1 aliphatic rings. The predicted molar refractivity (Wildman–Crippen MR) is 76.4 cm³/mol. The number of nitro groups is 1. The molecule has 8 heteroatoms. The Morgan fingerprint density at radius 2 is 2.43 bits per heavy atom. The zero-order valence-corrected chi connectivity index (χ0v) is 11.8. The van der Waals surface area contributed by atoms with E-state index in [1.54, 1.807) is 0 Å². The van der Waals surface area contributed by atoms with Crippen LogP contribution < -0.4 is 10.6 Å². The SMILES string of the molecule is CCCNc1ncc([N+](=O)[O-])cc1C(=O)NC1CCOC1. The van der Waals surface area contributed by atoms with Crippen LogP contribution >= 0.6 is 0 Å². The van der Waals surface area contributed by atoms with Gasteiger partial charge in [-0.3, -0.25) is 14.9 Å². The lowest BCUT2D eigenvalue weighted by Gasteiger charge is -2.13. The molecule has 0 aromatic carbocycles. The van der Waals surface area contributed by atoms with Crippen LogP contribution in [0.15, 0.2) is 12.3 Å². The molecular weight excluding hydrogens is 276 g/mol. The Balaban J connectivity index is 2.21. The van der Waals surface area contributed by atoms with Gasteiger partial charge in [-0.25, -0.2) is 4.98 Å². The van der Waals surface area contributed by atoms with Gasteiger partial charge in [-0.1, -0.05) is 6.92 Å². The molecule has 1 saturated heterocycles. The number of carbonyl (C=O) groups excluding carboxylic acids is 1. The molecule has 2 heterocycles. The smallest absolute Gasteiger partial charge is 0.288 e. The summed E-state index contributed by atoms with van der Waals surface area (Å²) in [6, 6.07) is 1.19. The number of nitrogens with one attached hydrogen (secondary N) is 2. The topological polar surface area (TPSA) is 106 Å². The van der Waals surface area contributed by atoms with E-state index in [2.05, 4.69) is 15.6 Å². The largest absolute Gasteiger partial charge is 0.379 e. The molecule has 0 spiro atoms. The first-order chi connectivity index (χ1) is 10.1. The van der Waals surface area contributed by atoms with Gasteiger partial charge in [0.05, 0.1) is 23.1 Å². The summed E-state index contributed by atoms with van der Waals surface area (Å²) in [6.45, 7) is 3.69. The number of ether oxygens (including phenoxy) is 1. The second-order valence-electron chi connectivity index (χ2n) is 4.81. The average molecular weight is 294 g/mol. The van der Waals surface area contributed by atoms with Crippen molar-refractivity contribution in [3.05, 3.63) is 27.9 Å². The fourth-order valence-electron chi connectivity index (χ4n) is 2.02. The van der Waals surface area contributed by atoms with Crippen molar-refractivity contribution in [3.63, 3.8) is 0 Å². The lowest BCUT2D eigenvalue weighted by molar-refractivity contribution is -0.385. The Morgan fingerprint density at radius 1 is 1.62 bits per heavy atom. The van der Waals surface area contributed by atoms with Crippen LogP contribution in [-0.4, -0.2) is 41.6 Å². The maximum Gasteiger partial charge on any atom is 0.288 e. The number of rotatable bonds is 6. The summed E-state index contributed by atoms with van der Waals surface area (Å²) in [5.41, 5.74) is -0.0191. The van der Waals surface area contributed by atoms with Crippen LogP contribution in [0.4, 0.5) is 11.5 Å². The summed E-state index contributed by atoms with van der Waals surface area (Å²) in [7, 11) is 0. The van der Waals surface area contributed by atoms with E-state index in [0.29, 0.717) is 25.6 Å². The number of pyridine rings is 1. The van der Waals surface area contributed by atoms with E-state index in [9.17, 15) is 14.9 Å². The zero-order chi connectivity index (χ0) is 15.2. The van der Waals surface area contributed by atoms with Crippen LogP contribution in [0.3, 0.4) is 0 Å². The van der Waals surface area contributed by atoms with Crippen LogP contribution in [0.1, 0.15) is 30.1 Å². The molecule has 1 aliphatic heterocycles. The highest BCUT2D eigenvalue weighted by Crippen LogP contribution is 2.19. The summed E-state index contributed by atoms with van der Waals surface area (Å²) in [4.78, 5) is 26.6. The van der Waals surface area contributed by atoms with E-state index in [1.165, 1.54) is 6.07 Å². The van der Waals surface area contributed by atoms with Crippen LogP contribution in [0.5, 0.6) is 0 Å². The molecule has 0 aliphatic carbocycles. The maximum absolute atomic E-state index is 12.3. The van der Waals surface area contributed by atoms with E-state index in [-0.39, 0.29) is 23.2 Å². The zero-order valence-electron chi connectivity index (χ0n) is 11.8. The van der Waals surface area contributed by atoms with Crippen molar-refractivity contribution in [1.29, 1.82) is 0 Å². The first-order valence-corrected chi connectivity index (χ1v) is 6.88. The Morgan fingerprint density at radius 3 is 3.05 bits per heavy atom. The summed E-state index contributed by atoms with van der Waals surface area (Å²) >= 11 is 0. The standard InChI is InChI=1S/C13H18N4O4/c1-2-4-14-12-11(6-10(7-15-12)17(19)20)13(18)16-9-3-5-21-8-9/h6-7,9H,2-5,8H2,1H3,(H,14,15)(H,16,18). The van der Waals surface area contributed by atoms with Gasteiger partial charge >= 0.3 is 0 Å². The Kier molecular flexibility index (Phi) is 5.04. The van der Waals surface area contributed by atoms with E-state index >= 15 is 0 Å². The number of aromatic nitrogens is 1. The molecule has 0 radical (unpaired) electrons. The molecule has 114 valence electrons. The fraction of sp³-hybridized carbons (Fsp3) is 0.538. The van der Waals surface area contributed by atoms with Crippen LogP contribution in [-0.2, 0) is 4.74 Å². The highest BCUT2D eigenvalue weighted by Gasteiger charge is 2.22. The second-order valence-corrected chi connectivity index (χ2v) is 4.81. The summed E-state index contributed by atoms with van der Waals surface area (Å²) in [6.07, 6.45) is 2.75. The van der Waals surface area contributed by atoms with Crippen molar-refractivity contribution < 1.29 is 14.5 Å². The lowest BCUT2D eigenvalue weighted by Crippen LogP contribution is -2.35. The third-order valence-electron chi connectivity index (χ3n) is 3.14. The van der Waals surface area contributed by atoms with Gasteiger partial charge in [-0.2, -0.15) is 0 Å². The number of nitrogens with zero attached hydrogens (tertiary/aromatic N) is 2. The predicted octanol–water partition coefficient (Wildman–Crippen LogP) is 1.33. The van der Waals surface area contributed by atoms with Crippen LogP contribution in [0.25, 0.3) is 0 Å². The van der Waals surface area contributed by atoms with Gasteiger partial charge in [0.25, 0.3) is 11.6 Å². The maximum atomic E-state index is 12.3. The van der Waals surface area contributed by atoms with Crippen LogP contribution in [0, 0.1) is 10.1 Å². The van der Waals surface area contributed by atoms with E-state index < -0.39 is 4.92 Å². The molecule has 21 heavy (non-hydrogen) atoms. The molecule has 0 saturated carbocycles. The minimum Gasteiger partial charge on any atom is -0.379 e. The van der Waals surface area contributed by atoms with Gasteiger partial charge in [0.1, 0.15) is 12.0 Å². The summed E-state index contributed by atoms with van der Waals surface area (Å²) in [5, 5.41) is 16.7.